The highest BCUT2D eigenvalue weighted by molar-refractivity contribution is 6.31. The van der Waals surface area contributed by atoms with Crippen molar-refractivity contribution in [3.63, 3.8) is 0 Å². The fourth-order valence-electron chi connectivity index (χ4n) is 1.65. The van der Waals surface area contributed by atoms with Gasteiger partial charge >= 0.3 is 0 Å². The summed E-state index contributed by atoms with van der Waals surface area (Å²) in [6.45, 7) is 3.52. The van der Waals surface area contributed by atoms with Crippen molar-refractivity contribution in [3.8, 4) is 5.75 Å². The van der Waals surface area contributed by atoms with Crippen molar-refractivity contribution in [3.05, 3.63) is 58.9 Å². The fraction of sp³-hybridized carbons (Fsp3) is 0.188. The Bertz CT molecular complexity index is 674. The number of hydrogen-bond acceptors (Lipinski definition) is 4. The summed E-state index contributed by atoms with van der Waals surface area (Å²) >= 11 is 5.95. The number of aryl methyl sites for hydroxylation is 1. The molecule has 1 heterocycles. The molecule has 0 fully saturated rings. The molecule has 0 bridgehead atoms. The van der Waals surface area contributed by atoms with Crippen LogP contribution in [-0.4, -0.2) is 23.2 Å². The Morgan fingerprint density at radius 2 is 2.23 bits per heavy atom. The molecule has 0 aliphatic heterocycles. The van der Waals surface area contributed by atoms with Gasteiger partial charge in [0, 0.05) is 11.2 Å². The van der Waals surface area contributed by atoms with E-state index >= 15 is 0 Å². The van der Waals surface area contributed by atoms with Crippen molar-refractivity contribution < 1.29 is 9.53 Å². The molecule has 0 radical (unpaired) electrons. The number of ether oxygens (including phenoxy) is 1. The van der Waals surface area contributed by atoms with Crippen LogP contribution in [0.3, 0.4) is 0 Å². The summed E-state index contributed by atoms with van der Waals surface area (Å²) in [7, 11) is 0. The van der Waals surface area contributed by atoms with Crippen molar-refractivity contribution in [2.75, 3.05) is 0 Å². The van der Waals surface area contributed by atoms with E-state index in [2.05, 4.69) is 15.5 Å². The molecule has 1 unspecified atom stereocenters. The zero-order valence-corrected chi connectivity index (χ0v) is 13.0. The van der Waals surface area contributed by atoms with Crippen molar-refractivity contribution in [1.29, 1.82) is 0 Å². The zero-order chi connectivity index (χ0) is 15.9. The largest absolute Gasteiger partial charge is 0.481 e. The standard InChI is InChI=1S/C16H16ClN3O2/c1-11-9-14(6-7-15(11)17)22-12(2)16(21)20-19-10-13-5-3-4-8-18-13/h3-10,12H,1-2H3,(H,20,21)/b19-10+. The summed E-state index contributed by atoms with van der Waals surface area (Å²) in [4.78, 5) is 16.0. The number of pyridine rings is 1. The number of aromatic nitrogens is 1. The van der Waals surface area contributed by atoms with E-state index < -0.39 is 6.10 Å². The number of carbonyl (C=O) groups excluding carboxylic acids is 1. The predicted molar refractivity (Wildman–Crippen MR) is 86.3 cm³/mol. The van der Waals surface area contributed by atoms with Gasteiger partial charge in [0.25, 0.3) is 5.91 Å². The molecule has 2 rings (SSSR count). The molecule has 0 spiro atoms. The Kier molecular flexibility index (Phi) is 5.49. The van der Waals surface area contributed by atoms with Crippen LogP contribution in [0.15, 0.2) is 47.7 Å². The number of amides is 1. The number of rotatable bonds is 5. The molecule has 114 valence electrons. The third kappa shape index (κ3) is 4.56. The maximum atomic E-state index is 11.9. The molecule has 6 heteroatoms. The number of nitrogens with one attached hydrogen (secondary N) is 1. The lowest BCUT2D eigenvalue weighted by molar-refractivity contribution is -0.127. The van der Waals surface area contributed by atoms with Crippen molar-refractivity contribution in [2.24, 2.45) is 5.10 Å². The van der Waals surface area contributed by atoms with Gasteiger partial charge in [-0.05, 0) is 49.7 Å². The van der Waals surface area contributed by atoms with Crippen LogP contribution in [0.2, 0.25) is 5.02 Å². The minimum absolute atomic E-state index is 0.347. The molecule has 1 atom stereocenters. The number of benzene rings is 1. The van der Waals surface area contributed by atoms with Gasteiger partial charge in [-0.3, -0.25) is 9.78 Å². The molecule has 22 heavy (non-hydrogen) atoms. The van der Waals surface area contributed by atoms with E-state index in [-0.39, 0.29) is 5.91 Å². The molecule has 1 amide bonds. The van der Waals surface area contributed by atoms with Crippen LogP contribution in [-0.2, 0) is 4.79 Å². The fourth-order valence-corrected chi connectivity index (χ4v) is 1.77. The smallest absolute Gasteiger partial charge is 0.280 e. The highest BCUT2D eigenvalue weighted by Gasteiger charge is 2.14. The average molecular weight is 318 g/mol. The second kappa shape index (κ2) is 7.56. The second-order valence-electron chi connectivity index (χ2n) is 4.66. The van der Waals surface area contributed by atoms with Gasteiger partial charge in [-0.15, -0.1) is 0 Å². The summed E-state index contributed by atoms with van der Waals surface area (Å²) in [6.07, 6.45) is 2.44. The van der Waals surface area contributed by atoms with Crippen LogP contribution in [0.5, 0.6) is 5.75 Å². The minimum atomic E-state index is -0.679. The minimum Gasteiger partial charge on any atom is -0.481 e. The van der Waals surface area contributed by atoms with Gasteiger partial charge in [0.05, 0.1) is 11.9 Å². The van der Waals surface area contributed by atoms with Crippen LogP contribution in [0, 0.1) is 6.92 Å². The van der Waals surface area contributed by atoms with Gasteiger partial charge in [-0.25, -0.2) is 5.43 Å². The average Bonchev–Trinajstić information content (AvgIpc) is 2.52. The first kappa shape index (κ1) is 16.0. The first-order valence-electron chi connectivity index (χ1n) is 6.73. The Labute approximate surface area is 134 Å². The second-order valence-corrected chi connectivity index (χ2v) is 5.07. The van der Waals surface area contributed by atoms with Gasteiger partial charge in [0.15, 0.2) is 6.10 Å². The number of halogens is 1. The molecular weight excluding hydrogens is 302 g/mol. The maximum Gasteiger partial charge on any atom is 0.280 e. The van der Waals surface area contributed by atoms with E-state index in [1.807, 2.05) is 13.0 Å². The number of hydrogen-bond donors (Lipinski definition) is 1. The zero-order valence-electron chi connectivity index (χ0n) is 12.3. The third-order valence-electron chi connectivity index (χ3n) is 2.87. The highest BCUT2D eigenvalue weighted by atomic mass is 35.5. The topological polar surface area (TPSA) is 63.6 Å². The Morgan fingerprint density at radius 1 is 1.41 bits per heavy atom. The maximum absolute atomic E-state index is 11.9. The van der Waals surface area contributed by atoms with Gasteiger partial charge in [-0.1, -0.05) is 17.7 Å². The van der Waals surface area contributed by atoms with Crippen LogP contribution < -0.4 is 10.2 Å². The van der Waals surface area contributed by atoms with Gasteiger partial charge in [0.2, 0.25) is 0 Å². The molecule has 2 aromatic rings. The number of hydrazone groups is 1. The Balaban J connectivity index is 1.89. The van der Waals surface area contributed by atoms with Crippen molar-refractivity contribution in [2.45, 2.75) is 20.0 Å². The molecule has 0 saturated carbocycles. The van der Waals surface area contributed by atoms with E-state index in [0.717, 1.165) is 5.56 Å². The Morgan fingerprint density at radius 3 is 2.91 bits per heavy atom. The number of carbonyl (C=O) groups is 1. The molecule has 0 aliphatic rings. The predicted octanol–water partition coefficient (Wildman–Crippen LogP) is 2.96. The summed E-state index contributed by atoms with van der Waals surface area (Å²) < 4.78 is 5.55. The van der Waals surface area contributed by atoms with Crippen LogP contribution >= 0.6 is 11.6 Å². The monoisotopic (exact) mass is 317 g/mol. The van der Waals surface area contributed by atoms with Crippen molar-refractivity contribution >= 4 is 23.7 Å². The normalized spacial score (nSPS) is 12.1. The molecule has 0 aliphatic carbocycles. The third-order valence-corrected chi connectivity index (χ3v) is 3.29. The van der Waals surface area contributed by atoms with Crippen LogP contribution in [0.25, 0.3) is 0 Å². The number of nitrogens with zero attached hydrogens (tertiary/aromatic N) is 2. The molecule has 5 nitrogen and oxygen atoms in total. The molecule has 1 aromatic heterocycles. The molecular formula is C16H16ClN3O2. The van der Waals surface area contributed by atoms with E-state index in [4.69, 9.17) is 16.3 Å². The van der Waals surface area contributed by atoms with Crippen LogP contribution in [0.1, 0.15) is 18.2 Å². The SMILES string of the molecule is Cc1cc(OC(C)C(=O)N/N=C/c2ccccn2)ccc1Cl. The first-order chi connectivity index (χ1) is 10.6. The van der Waals surface area contributed by atoms with E-state index in [1.54, 1.807) is 43.5 Å². The van der Waals surface area contributed by atoms with Gasteiger partial charge in [-0.2, -0.15) is 5.10 Å². The lowest BCUT2D eigenvalue weighted by Crippen LogP contribution is -2.33. The van der Waals surface area contributed by atoms with E-state index in [0.29, 0.717) is 16.5 Å². The van der Waals surface area contributed by atoms with Crippen molar-refractivity contribution in [1.82, 2.24) is 10.4 Å². The van der Waals surface area contributed by atoms with Gasteiger partial charge in [0.1, 0.15) is 5.75 Å². The Hall–Kier alpha value is -2.40. The summed E-state index contributed by atoms with van der Waals surface area (Å²) in [5.74, 6) is 0.234. The quantitative estimate of drug-likeness (QED) is 0.681. The van der Waals surface area contributed by atoms with E-state index in [1.165, 1.54) is 6.21 Å². The molecule has 0 saturated heterocycles. The molecule has 1 N–H and O–H groups in total. The lowest BCUT2D eigenvalue weighted by atomic mass is 10.2. The first-order valence-corrected chi connectivity index (χ1v) is 7.11. The summed E-state index contributed by atoms with van der Waals surface area (Å²) in [6, 6.07) is 10.7. The highest BCUT2D eigenvalue weighted by Crippen LogP contribution is 2.21. The lowest BCUT2D eigenvalue weighted by Gasteiger charge is -2.13. The van der Waals surface area contributed by atoms with Crippen LogP contribution in [0.4, 0.5) is 0 Å². The summed E-state index contributed by atoms with van der Waals surface area (Å²) in [5.41, 5.74) is 3.96. The summed E-state index contributed by atoms with van der Waals surface area (Å²) in [5, 5.41) is 4.50. The molecule has 1 aromatic carbocycles. The van der Waals surface area contributed by atoms with E-state index in [9.17, 15) is 4.79 Å². The van der Waals surface area contributed by atoms with Gasteiger partial charge < -0.3 is 4.74 Å².